The van der Waals surface area contributed by atoms with Crippen LogP contribution in [0.25, 0.3) is 0 Å². The summed E-state index contributed by atoms with van der Waals surface area (Å²) in [6.45, 7) is 2.34. The standard InChI is InChI=1S/C21H24ClN3O3S/c22-17-2-1-3-19(15-17)28-11-8-23-21(27)24-18-6-4-16(5-7-18)14-20(26)25-9-12-29-13-10-25/h1-7,15H,8-14H2,(H2,23,24,27). The first kappa shape index (κ1) is 21.3. The molecule has 2 N–H and O–H groups in total. The van der Waals surface area contributed by atoms with Crippen LogP contribution >= 0.6 is 23.4 Å². The number of carbonyl (C=O) groups excluding carboxylic acids is 2. The van der Waals surface area contributed by atoms with Crippen molar-refractivity contribution in [1.82, 2.24) is 10.2 Å². The Labute approximate surface area is 179 Å². The molecule has 1 aliphatic rings. The molecule has 0 aromatic heterocycles. The number of rotatable bonds is 7. The fourth-order valence-electron chi connectivity index (χ4n) is 2.87. The molecule has 29 heavy (non-hydrogen) atoms. The summed E-state index contributed by atoms with van der Waals surface area (Å²) in [6, 6.07) is 14.1. The molecule has 0 saturated carbocycles. The molecule has 6 nitrogen and oxygen atoms in total. The molecule has 1 fully saturated rings. The molecule has 3 amide bonds. The van der Waals surface area contributed by atoms with E-state index in [0.29, 0.717) is 36.0 Å². The first-order valence-corrected chi connectivity index (χ1v) is 11.0. The second kappa shape index (κ2) is 11.0. The predicted octanol–water partition coefficient (Wildman–Crippen LogP) is 3.66. The van der Waals surface area contributed by atoms with Gasteiger partial charge >= 0.3 is 6.03 Å². The van der Waals surface area contributed by atoms with Crippen LogP contribution in [0.5, 0.6) is 5.75 Å². The first-order valence-electron chi connectivity index (χ1n) is 9.48. The lowest BCUT2D eigenvalue weighted by molar-refractivity contribution is -0.130. The number of amides is 3. The van der Waals surface area contributed by atoms with Gasteiger partial charge in [0.05, 0.1) is 13.0 Å². The van der Waals surface area contributed by atoms with Crippen LogP contribution in [0.1, 0.15) is 5.56 Å². The van der Waals surface area contributed by atoms with Crippen LogP contribution < -0.4 is 15.4 Å². The van der Waals surface area contributed by atoms with Gasteiger partial charge in [0.15, 0.2) is 0 Å². The van der Waals surface area contributed by atoms with Crippen molar-refractivity contribution in [2.24, 2.45) is 0 Å². The number of thioether (sulfide) groups is 1. The Hall–Kier alpha value is -2.38. The first-order chi connectivity index (χ1) is 14.1. The Morgan fingerprint density at radius 3 is 2.59 bits per heavy atom. The zero-order valence-corrected chi connectivity index (χ0v) is 17.6. The lowest BCUT2D eigenvalue weighted by Crippen LogP contribution is -2.38. The van der Waals surface area contributed by atoms with E-state index in [2.05, 4.69) is 10.6 Å². The summed E-state index contributed by atoms with van der Waals surface area (Å²) < 4.78 is 5.53. The fraction of sp³-hybridized carbons (Fsp3) is 0.333. The largest absolute Gasteiger partial charge is 0.492 e. The zero-order valence-electron chi connectivity index (χ0n) is 16.0. The second-order valence-electron chi connectivity index (χ2n) is 6.55. The number of anilines is 1. The van der Waals surface area contributed by atoms with E-state index in [1.165, 1.54) is 0 Å². The highest BCUT2D eigenvalue weighted by Crippen LogP contribution is 2.17. The Morgan fingerprint density at radius 2 is 1.86 bits per heavy atom. The van der Waals surface area contributed by atoms with Gasteiger partial charge in [0, 0.05) is 35.3 Å². The molecule has 2 aromatic rings. The van der Waals surface area contributed by atoms with Crippen LogP contribution in [-0.2, 0) is 11.2 Å². The highest BCUT2D eigenvalue weighted by molar-refractivity contribution is 7.99. The topological polar surface area (TPSA) is 70.7 Å². The molecule has 8 heteroatoms. The number of nitrogens with zero attached hydrogens (tertiary/aromatic N) is 1. The van der Waals surface area contributed by atoms with Gasteiger partial charge in [-0.2, -0.15) is 11.8 Å². The van der Waals surface area contributed by atoms with Gasteiger partial charge in [-0.05, 0) is 35.9 Å². The molecule has 0 unspecified atom stereocenters. The van der Waals surface area contributed by atoms with E-state index in [1.54, 1.807) is 30.3 Å². The third-order valence-corrected chi connectivity index (χ3v) is 5.56. The van der Waals surface area contributed by atoms with E-state index in [1.807, 2.05) is 34.9 Å². The maximum Gasteiger partial charge on any atom is 0.319 e. The van der Waals surface area contributed by atoms with Gasteiger partial charge in [0.1, 0.15) is 12.4 Å². The number of urea groups is 1. The van der Waals surface area contributed by atoms with Crippen LogP contribution in [-0.4, -0.2) is 54.6 Å². The minimum atomic E-state index is -0.311. The Bertz CT molecular complexity index is 826. The number of halogens is 1. The van der Waals surface area contributed by atoms with Crippen molar-refractivity contribution in [2.45, 2.75) is 6.42 Å². The molecule has 0 atom stereocenters. The molecular formula is C21H24ClN3O3S. The number of hydrogen-bond acceptors (Lipinski definition) is 4. The third kappa shape index (κ3) is 7.18. The van der Waals surface area contributed by atoms with Crippen molar-refractivity contribution in [3.8, 4) is 5.75 Å². The van der Waals surface area contributed by atoms with Gasteiger partial charge in [-0.1, -0.05) is 29.8 Å². The van der Waals surface area contributed by atoms with Gasteiger partial charge in [-0.25, -0.2) is 4.79 Å². The number of nitrogens with one attached hydrogen (secondary N) is 2. The normalized spacial score (nSPS) is 13.6. The van der Waals surface area contributed by atoms with Crippen molar-refractivity contribution in [2.75, 3.05) is 43.1 Å². The molecular weight excluding hydrogens is 410 g/mol. The van der Waals surface area contributed by atoms with Gasteiger partial charge < -0.3 is 20.3 Å². The average Bonchev–Trinajstić information content (AvgIpc) is 2.73. The van der Waals surface area contributed by atoms with E-state index in [0.717, 1.165) is 30.2 Å². The fourth-order valence-corrected chi connectivity index (χ4v) is 3.95. The highest BCUT2D eigenvalue weighted by Gasteiger charge is 2.16. The lowest BCUT2D eigenvalue weighted by Gasteiger charge is -2.26. The molecule has 2 aromatic carbocycles. The molecule has 1 aliphatic heterocycles. The average molecular weight is 434 g/mol. The maximum atomic E-state index is 12.3. The van der Waals surface area contributed by atoms with Crippen molar-refractivity contribution >= 4 is 41.0 Å². The Kier molecular flexibility index (Phi) is 8.07. The number of hydrogen-bond donors (Lipinski definition) is 2. The summed E-state index contributed by atoms with van der Waals surface area (Å²) in [4.78, 5) is 26.2. The van der Waals surface area contributed by atoms with Crippen molar-refractivity contribution in [3.63, 3.8) is 0 Å². The van der Waals surface area contributed by atoms with Crippen molar-refractivity contribution < 1.29 is 14.3 Å². The summed E-state index contributed by atoms with van der Waals surface area (Å²) in [5.41, 5.74) is 1.61. The maximum absolute atomic E-state index is 12.3. The molecule has 0 aliphatic carbocycles. The van der Waals surface area contributed by atoms with E-state index in [4.69, 9.17) is 16.3 Å². The summed E-state index contributed by atoms with van der Waals surface area (Å²) in [5.74, 6) is 2.83. The minimum Gasteiger partial charge on any atom is -0.492 e. The number of benzene rings is 2. The number of ether oxygens (including phenoxy) is 1. The quantitative estimate of drug-likeness (QED) is 0.654. The summed E-state index contributed by atoms with van der Waals surface area (Å²) in [5, 5.41) is 6.11. The van der Waals surface area contributed by atoms with Gasteiger partial charge in [0.25, 0.3) is 0 Å². The third-order valence-electron chi connectivity index (χ3n) is 4.38. The highest BCUT2D eigenvalue weighted by atomic mass is 35.5. The second-order valence-corrected chi connectivity index (χ2v) is 8.21. The van der Waals surface area contributed by atoms with Crippen LogP contribution in [0.2, 0.25) is 5.02 Å². The predicted molar refractivity (Wildman–Crippen MR) is 118 cm³/mol. The SMILES string of the molecule is O=C(NCCOc1cccc(Cl)c1)Nc1ccc(CC(=O)N2CCSCC2)cc1. The molecule has 1 saturated heterocycles. The zero-order chi connectivity index (χ0) is 20.5. The van der Waals surface area contributed by atoms with E-state index >= 15 is 0 Å². The molecule has 3 rings (SSSR count). The van der Waals surface area contributed by atoms with Gasteiger partial charge in [-0.3, -0.25) is 4.79 Å². The van der Waals surface area contributed by atoms with E-state index < -0.39 is 0 Å². The van der Waals surface area contributed by atoms with E-state index in [9.17, 15) is 9.59 Å². The van der Waals surface area contributed by atoms with Crippen LogP contribution in [0.15, 0.2) is 48.5 Å². The molecule has 0 radical (unpaired) electrons. The lowest BCUT2D eigenvalue weighted by atomic mass is 10.1. The van der Waals surface area contributed by atoms with E-state index in [-0.39, 0.29) is 11.9 Å². The van der Waals surface area contributed by atoms with Gasteiger partial charge in [-0.15, -0.1) is 0 Å². The molecule has 1 heterocycles. The van der Waals surface area contributed by atoms with Crippen LogP contribution in [0.3, 0.4) is 0 Å². The number of carbonyl (C=O) groups is 2. The monoisotopic (exact) mass is 433 g/mol. The Balaban J connectivity index is 1.37. The summed E-state index contributed by atoms with van der Waals surface area (Å²) in [7, 11) is 0. The molecule has 0 spiro atoms. The smallest absolute Gasteiger partial charge is 0.319 e. The van der Waals surface area contributed by atoms with Crippen molar-refractivity contribution in [3.05, 3.63) is 59.1 Å². The summed E-state index contributed by atoms with van der Waals surface area (Å²) >= 11 is 7.78. The Morgan fingerprint density at radius 1 is 1.10 bits per heavy atom. The summed E-state index contributed by atoms with van der Waals surface area (Å²) in [6.07, 6.45) is 0.387. The minimum absolute atomic E-state index is 0.156. The molecule has 154 valence electrons. The van der Waals surface area contributed by atoms with Gasteiger partial charge in [0.2, 0.25) is 5.91 Å². The van der Waals surface area contributed by atoms with Crippen molar-refractivity contribution in [1.29, 1.82) is 0 Å². The molecule has 0 bridgehead atoms. The van der Waals surface area contributed by atoms with Crippen LogP contribution in [0.4, 0.5) is 10.5 Å². The van der Waals surface area contributed by atoms with Crippen LogP contribution in [0, 0.1) is 0 Å².